The van der Waals surface area contributed by atoms with E-state index in [4.69, 9.17) is 16.5 Å². The van der Waals surface area contributed by atoms with Crippen molar-refractivity contribution in [3.05, 3.63) is 12.2 Å². The molecule has 29 heavy (non-hydrogen) atoms. The maximum Gasteiger partial charge on any atom is 0.303 e. The molecule has 1 heterocycles. The van der Waals surface area contributed by atoms with Gasteiger partial charge in [0.25, 0.3) is 0 Å². The van der Waals surface area contributed by atoms with Crippen LogP contribution in [0, 0.1) is 36.0 Å². The van der Waals surface area contributed by atoms with Crippen LogP contribution in [0.5, 0.6) is 0 Å². The highest BCUT2D eigenvalue weighted by molar-refractivity contribution is 8.13. The lowest BCUT2D eigenvalue weighted by Crippen LogP contribution is -2.27. The van der Waals surface area contributed by atoms with Crippen molar-refractivity contribution < 1.29 is 20.1 Å². The highest BCUT2D eigenvalue weighted by Crippen LogP contribution is 2.50. The number of carboxylic acids is 1. The van der Waals surface area contributed by atoms with Crippen molar-refractivity contribution >= 4 is 22.8 Å². The van der Waals surface area contributed by atoms with Crippen molar-refractivity contribution in [1.29, 1.82) is 0 Å². The molecule has 0 spiro atoms. The molecular formula is C23H31NO4S. The standard InChI is InChI=1S/C23H31NO4S/c1-3-5-7-9-17(25)11-12-18-19-15-21(29-14-8-10-22(27)28)24-23(19,13-6-4-2)16-20(18)26/h2,11-12,17-20,25-26H,3,5,7-10,14-16H2,1H3,(H,27,28)/b12-11+. The van der Waals surface area contributed by atoms with Crippen LogP contribution in [0.1, 0.15) is 58.3 Å². The van der Waals surface area contributed by atoms with Gasteiger partial charge in [0.05, 0.1) is 17.3 Å². The fourth-order valence-corrected chi connectivity index (χ4v) is 5.17. The van der Waals surface area contributed by atoms with Crippen LogP contribution in [0.25, 0.3) is 0 Å². The molecule has 1 aliphatic heterocycles. The molecule has 5 nitrogen and oxygen atoms in total. The summed E-state index contributed by atoms with van der Waals surface area (Å²) in [4.78, 5) is 15.5. The first-order chi connectivity index (χ1) is 13.9. The highest BCUT2D eigenvalue weighted by Gasteiger charge is 2.55. The third-order valence-electron chi connectivity index (χ3n) is 5.58. The van der Waals surface area contributed by atoms with Gasteiger partial charge in [-0.05, 0) is 30.4 Å². The Morgan fingerprint density at radius 2 is 2.24 bits per heavy atom. The molecule has 5 atom stereocenters. The maximum absolute atomic E-state index is 10.7. The number of thioether (sulfide) groups is 1. The van der Waals surface area contributed by atoms with Gasteiger partial charge in [0.15, 0.2) is 0 Å². The lowest BCUT2D eigenvalue weighted by molar-refractivity contribution is -0.137. The van der Waals surface area contributed by atoms with E-state index in [1.807, 2.05) is 6.08 Å². The lowest BCUT2D eigenvalue weighted by atomic mass is 9.83. The largest absolute Gasteiger partial charge is 0.481 e. The maximum atomic E-state index is 10.7. The number of fused-ring (bicyclic) bond motifs is 1. The van der Waals surface area contributed by atoms with Crippen LogP contribution in [-0.4, -0.2) is 49.8 Å². The number of aliphatic hydroxyl groups is 2. The van der Waals surface area contributed by atoms with Crippen LogP contribution in [0.15, 0.2) is 17.1 Å². The zero-order chi connectivity index (χ0) is 21.3. The Hall–Kier alpha value is -1.73. The number of terminal acetylenes is 1. The molecule has 5 unspecified atom stereocenters. The first-order valence-corrected chi connectivity index (χ1v) is 11.4. The molecule has 1 saturated carbocycles. The summed E-state index contributed by atoms with van der Waals surface area (Å²) in [5, 5.41) is 30.6. The highest BCUT2D eigenvalue weighted by atomic mass is 32.2. The number of carboxylic acid groups (broad SMARTS) is 1. The van der Waals surface area contributed by atoms with Crippen LogP contribution in [0.3, 0.4) is 0 Å². The van der Waals surface area contributed by atoms with Crippen LogP contribution in [0.2, 0.25) is 0 Å². The quantitative estimate of drug-likeness (QED) is 0.288. The summed E-state index contributed by atoms with van der Waals surface area (Å²) >= 11 is 1.57. The van der Waals surface area contributed by atoms with Crippen LogP contribution < -0.4 is 0 Å². The molecule has 2 aliphatic rings. The fourth-order valence-electron chi connectivity index (χ4n) is 4.12. The molecule has 0 bridgehead atoms. The summed E-state index contributed by atoms with van der Waals surface area (Å²) in [5.74, 6) is 7.92. The SMILES string of the molecule is C#CC#CC12CC(O)C(/C=C/C(O)CCCCC)C1CC(SCCCC(=O)O)=N2. The number of rotatable bonds is 10. The summed E-state index contributed by atoms with van der Waals surface area (Å²) in [7, 11) is 0. The molecular weight excluding hydrogens is 386 g/mol. The lowest BCUT2D eigenvalue weighted by Gasteiger charge is -2.22. The van der Waals surface area contributed by atoms with Gasteiger partial charge < -0.3 is 15.3 Å². The minimum atomic E-state index is -0.794. The number of aliphatic imine (C=N–C) groups is 1. The van der Waals surface area contributed by atoms with Gasteiger partial charge in [0.2, 0.25) is 0 Å². The third kappa shape index (κ3) is 6.64. The molecule has 0 aromatic heterocycles. The Kier molecular flexibility index (Phi) is 9.30. The van der Waals surface area contributed by atoms with Gasteiger partial charge in [-0.25, -0.2) is 0 Å². The Morgan fingerprint density at radius 3 is 2.93 bits per heavy atom. The van der Waals surface area contributed by atoms with E-state index in [1.165, 1.54) is 0 Å². The topological polar surface area (TPSA) is 90.1 Å². The van der Waals surface area contributed by atoms with Crippen molar-refractivity contribution in [2.75, 3.05) is 5.75 Å². The molecule has 0 radical (unpaired) electrons. The first kappa shape index (κ1) is 23.5. The molecule has 1 aliphatic carbocycles. The van der Waals surface area contributed by atoms with Gasteiger partial charge in [-0.15, -0.1) is 18.2 Å². The molecule has 0 aromatic rings. The summed E-state index contributed by atoms with van der Waals surface area (Å²) in [6, 6.07) is 0. The van der Waals surface area contributed by atoms with Crippen molar-refractivity contribution in [3.63, 3.8) is 0 Å². The van der Waals surface area contributed by atoms with Gasteiger partial charge >= 0.3 is 5.97 Å². The van der Waals surface area contributed by atoms with E-state index >= 15 is 0 Å². The van der Waals surface area contributed by atoms with Gasteiger partial charge in [-0.2, -0.15) is 0 Å². The van der Waals surface area contributed by atoms with Gasteiger partial charge in [0, 0.05) is 31.1 Å². The summed E-state index contributed by atoms with van der Waals surface area (Å²) in [6.07, 6.45) is 13.7. The number of nitrogens with zero attached hydrogens (tertiary/aromatic N) is 1. The molecule has 0 aromatic carbocycles. The zero-order valence-electron chi connectivity index (χ0n) is 17.0. The van der Waals surface area contributed by atoms with Gasteiger partial charge in [-0.3, -0.25) is 9.79 Å². The number of unbranched alkanes of at least 4 members (excludes halogenated alkanes) is 2. The van der Waals surface area contributed by atoms with Crippen molar-refractivity contribution in [2.45, 2.75) is 76.0 Å². The van der Waals surface area contributed by atoms with Crippen molar-refractivity contribution in [1.82, 2.24) is 0 Å². The Bertz CT molecular complexity index is 729. The Balaban J connectivity index is 2.06. The van der Waals surface area contributed by atoms with Crippen LogP contribution in [0.4, 0.5) is 0 Å². The zero-order valence-corrected chi connectivity index (χ0v) is 17.8. The Morgan fingerprint density at radius 1 is 1.45 bits per heavy atom. The number of aliphatic hydroxyl groups excluding tert-OH is 2. The fraction of sp³-hybridized carbons (Fsp3) is 0.652. The first-order valence-electron chi connectivity index (χ1n) is 10.4. The number of carbonyl (C=O) groups is 1. The van der Waals surface area contributed by atoms with E-state index in [1.54, 1.807) is 17.8 Å². The van der Waals surface area contributed by atoms with E-state index in [0.717, 1.165) is 30.7 Å². The summed E-state index contributed by atoms with van der Waals surface area (Å²) in [5.41, 5.74) is -0.691. The molecule has 0 saturated heterocycles. The predicted octanol–water partition coefficient (Wildman–Crippen LogP) is 3.26. The smallest absolute Gasteiger partial charge is 0.303 e. The third-order valence-corrected chi connectivity index (χ3v) is 6.66. The minimum absolute atomic E-state index is 0.0133. The summed E-state index contributed by atoms with van der Waals surface area (Å²) < 4.78 is 0. The normalized spacial score (nSPS) is 29.0. The molecule has 1 fully saturated rings. The second-order valence-electron chi connectivity index (χ2n) is 7.78. The second-order valence-corrected chi connectivity index (χ2v) is 8.95. The monoisotopic (exact) mass is 417 g/mol. The minimum Gasteiger partial charge on any atom is -0.481 e. The van der Waals surface area contributed by atoms with E-state index in [9.17, 15) is 15.0 Å². The molecule has 0 amide bonds. The van der Waals surface area contributed by atoms with Gasteiger partial charge in [0.1, 0.15) is 5.54 Å². The number of aliphatic carboxylic acids is 1. The Labute approximate surface area is 178 Å². The van der Waals surface area contributed by atoms with Crippen LogP contribution in [-0.2, 0) is 4.79 Å². The molecule has 158 valence electrons. The molecule has 2 rings (SSSR count). The van der Waals surface area contributed by atoms with E-state index < -0.39 is 23.7 Å². The number of hydrogen-bond acceptors (Lipinski definition) is 5. The van der Waals surface area contributed by atoms with Gasteiger partial charge in [-0.1, -0.05) is 44.3 Å². The van der Waals surface area contributed by atoms with E-state index in [-0.39, 0.29) is 18.3 Å². The molecule has 6 heteroatoms. The van der Waals surface area contributed by atoms with Crippen molar-refractivity contribution in [2.24, 2.45) is 16.8 Å². The number of hydrogen-bond donors (Lipinski definition) is 3. The van der Waals surface area contributed by atoms with Crippen molar-refractivity contribution in [3.8, 4) is 24.2 Å². The van der Waals surface area contributed by atoms with E-state index in [2.05, 4.69) is 24.7 Å². The summed E-state index contributed by atoms with van der Waals surface area (Å²) in [6.45, 7) is 2.13. The second kappa shape index (κ2) is 11.5. The predicted molar refractivity (Wildman–Crippen MR) is 118 cm³/mol. The average Bonchev–Trinajstić information content (AvgIpc) is 3.13. The van der Waals surface area contributed by atoms with E-state index in [0.29, 0.717) is 25.0 Å². The average molecular weight is 418 g/mol. The molecule has 3 N–H and O–H groups in total. The van der Waals surface area contributed by atoms with Crippen LogP contribution >= 0.6 is 11.8 Å².